The molecular weight excluding hydrogens is 362 g/mol. The van der Waals surface area contributed by atoms with Crippen LogP contribution in [-0.4, -0.2) is 21.7 Å². The van der Waals surface area contributed by atoms with Crippen molar-refractivity contribution in [1.82, 2.24) is 10.2 Å². The highest BCUT2D eigenvalue weighted by Crippen LogP contribution is 2.29. The van der Waals surface area contributed by atoms with Crippen LogP contribution in [0.2, 0.25) is 0 Å². The van der Waals surface area contributed by atoms with Crippen LogP contribution in [0.5, 0.6) is 0 Å². The first-order valence-corrected chi connectivity index (χ1v) is 10.4. The highest BCUT2D eigenvalue weighted by molar-refractivity contribution is 8.01. The van der Waals surface area contributed by atoms with Gasteiger partial charge >= 0.3 is 0 Å². The molecule has 132 valence electrons. The fraction of sp³-hybridized carbons (Fsp3) is 0.250. The molecule has 26 heavy (non-hydrogen) atoms. The molecule has 2 aromatic carbocycles. The lowest BCUT2D eigenvalue weighted by Gasteiger charge is -2.04. The van der Waals surface area contributed by atoms with Crippen LogP contribution in [0.3, 0.4) is 0 Å². The van der Waals surface area contributed by atoms with Crippen molar-refractivity contribution >= 4 is 39.7 Å². The fourth-order valence-electron chi connectivity index (χ4n) is 3.10. The van der Waals surface area contributed by atoms with Gasteiger partial charge in [-0.1, -0.05) is 53.4 Å². The van der Waals surface area contributed by atoms with Crippen molar-refractivity contribution < 1.29 is 4.79 Å². The minimum atomic E-state index is 0.147. The summed E-state index contributed by atoms with van der Waals surface area (Å²) in [5, 5.41) is 12.4. The Labute approximate surface area is 161 Å². The van der Waals surface area contributed by atoms with E-state index in [9.17, 15) is 4.79 Å². The number of rotatable bonds is 6. The molecule has 0 aliphatic heterocycles. The molecule has 1 heterocycles. The van der Waals surface area contributed by atoms with Crippen molar-refractivity contribution in [3.8, 4) is 0 Å². The minimum Gasteiger partial charge on any atom is -0.330 e. The number of hydrogen-bond donors (Lipinski definition) is 1. The van der Waals surface area contributed by atoms with Crippen LogP contribution >= 0.6 is 23.1 Å². The van der Waals surface area contributed by atoms with Crippen LogP contribution in [0.4, 0.5) is 10.8 Å². The van der Waals surface area contributed by atoms with Gasteiger partial charge in [0, 0.05) is 11.3 Å². The Balaban J connectivity index is 1.37. The average Bonchev–Trinajstić information content (AvgIpc) is 3.30. The molecule has 1 aromatic heterocycles. The Hall–Kier alpha value is -2.18. The lowest BCUT2D eigenvalue weighted by molar-refractivity contribution is 0.102. The Morgan fingerprint density at radius 1 is 1.15 bits per heavy atom. The van der Waals surface area contributed by atoms with Gasteiger partial charge in [-0.15, -0.1) is 10.2 Å². The summed E-state index contributed by atoms with van der Waals surface area (Å²) in [6, 6.07) is 14.2. The average molecular weight is 382 g/mol. The molecule has 0 fully saturated rings. The first kappa shape index (κ1) is 17.2. The van der Waals surface area contributed by atoms with Gasteiger partial charge < -0.3 is 5.32 Å². The summed E-state index contributed by atoms with van der Waals surface area (Å²) in [7, 11) is 0. The molecule has 0 saturated carbocycles. The SMILES string of the molecule is Cc1ccccc1Nc1nnc(SCC(=O)c2ccc3c(c2)CCC3)s1. The summed E-state index contributed by atoms with van der Waals surface area (Å²) < 4.78 is 0.801. The first-order valence-electron chi connectivity index (χ1n) is 8.63. The van der Waals surface area contributed by atoms with Crippen molar-refractivity contribution in [1.29, 1.82) is 0 Å². The van der Waals surface area contributed by atoms with Crippen LogP contribution in [0, 0.1) is 6.92 Å². The molecule has 6 heteroatoms. The van der Waals surface area contributed by atoms with Gasteiger partial charge in [-0.25, -0.2) is 0 Å². The molecule has 0 amide bonds. The van der Waals surface area contributed by atoms with Gasteiger partial charge in [0.1, 0.15) is 0 Å². The number of para-hydroxylation sites is 1. The zero-order chi connectivity index (χ0) is 17.9. The Morgan fingerprint density at radius 2 is 2.00 bits per heavy atom. The molecule has 0 atom stereocenters. The minimum absolute atomic E-state index is 0.147. The van der Waals surface area contributed by atoms with E-state index in [0.717, 1.165) is 39.1 Å². The molecule has 4 nitrogen and oxygen atoms in total. The maximum atomic E-state index is 12.5. The van der Waals surface area contributed by atoms with Crippen molar-refractivity contribution in [2.75, 3.05) is 11.1 Å². The highest BCUT2D eigenvalue weighted by Gasteiger charge is 2.15. The number of ketones is 1. The molecule has 3 aromatic rings. The van der Waals surface area contributed by atoms with E-state index in [1.165, 1.54) is 40.6 Å². The number of nitrogens with one attached hydrogen (secondary N) is 1. The predicted octanol–water partition coefficient (Wildman–Crippen LogP) is 5.05. The number of fused-ring (bicyclic) bond motifs is 1. The fourth-order valence-corrected chi connectivity index (χ4v) is 4.76. The number of thioether (sulfide) groups is 1. The van der Waals surface area contributed by atoms with Crippen molar-refractivity contribution in [3.05, 3.63) is 64.7 Å². The van der Waals surface area contributed by atoms with E-state index in [1.54, 1.807) is 0 Å². The largest absolute Gasteiger partial charge is 0.330 e. The van der Waals surface area contributed by atoms with Gasteiger partial charge in [0.25, 0.3) is 0 Å². The second-order valence-corrected chi connectivity index (χ2v) is 8.56. The van der Waals surface area contributed by atoms with Gasteiger partial charge in [0.05, 0.1) is 5.75 Å². The van der Waals surface area contributed by atoms with Gasteiger partial charge in [-0.05, 0) is 55.0 Å². The van der Waals surface area contributed by atoms with E-state index in [1.807, 2.05) is 37.3 Å². The summed E-state index contributed by atoms with van der Waals surface area (Å²) in [5.41, 5.74) is 5.71. The zero-order valence-corrected chi connectivity index (χ0v) is 16.1. The monoisotopic (exact) mass is 381 g/mol. The van der Waals surface area contributed by atoms with E-state index >= 15 is 0 Å². The van der Waals surface area contributed by atoms with E-state index in [-0.39, 0.29) is 5.78 Å². The standard InChI is InChI=1S/C20H19N3OS2/c1-13-5-2-3-8-17(13)21-19-22-23-20(26-19)25-12-18(24)16-10-9-14-6-4-7-15(14)11-16/h2-3,5,8-11H,4,6-7,12H2,1H3,(H,21,22). The topological polar surface area (TPSA) is 54.9 Å². The van der Waals surface area contributed by atoms with E-state index in [0.29, 0.717) is 5.75 Å². The molecule has 0 radical (unpaired) electrons. The lowest BCUT2D eigenvalue weighted by atomic mass is 10.0. The molecule has 0 saturated heterocycles. The number of carbonyl (C=O) groups excluding carboxylic acids is 1. The Bertz CT molecular complexity index is 952. The number of carbonyl (C=O) groups is 1. The maximum absolute atomic E-state index is 12.5. The second kappa shape index (κ2) is 7.60. The second-order valence-electron chi connectivity index (χ2n) is 6.36. The highest BCUT2D eigenvalue weighted by atomic mass is 32.2. The molecule has 0 unspecified atom stereocenters. The normalized spacial score (nSPS) is 12.8. The Kier molecular flexibility index (Phi) is 5.04. The molecule has 1 N–H and O–H groups in total. The van der Waals surface area contributed by atoms with Gasteiger partial charge in [-0.2, -0.15) is 0 Å². The summed E-state index contributed by atoms with van der Waals surface area (Å²) >= 11 is 2.92. The summed E-state index contributed by atoms with van der Waals surface area (Å²) in [4.78, 5) is 12.5. The third kappa shape index (κ3) is 3.81. The molecule has 4 rings (SSSR count). The third-order valence-electron chi connectivity index (χ3n) is 4.54. The summed E-state index contributed by atoms with van der Waals surface area (Å²) in [5.74, 6) is 0.533. The van der Waals surface area contributed by atoms with E-state index in [2.05, 4.69) is 27.6 Å². The summed E-state index contributed by atoms with van der Waals surface area (Å²) in [6.45, 7) is 2.05. The van der Waals surface area contributed by atoms with Crippen molar-refractivity contribution in [2.45, 2.75) is 30.5 Å². The smallest absolute Gasteiger partial charge is 0.210 e. The number of hydrogen-bond acceptors (Lipinski definition) is 6. The predicted molar refractivity (Wildman–Crippen MR) is 108 cm³/mol. The molecule has 1 aliphatic carbocycles. The number of nitrogens with zero attached hydrogens (tertiary/aromatic N) is 2. The number of benzene rings is 2. The van der Waals surface area contributed by atoms with Crippen LogP contribution in [0.25, 0.3) is 0 Å². The quantitative estimate of drug-likeness (QED) is 0.478. The molecular formula is C20H19N3OS2. The number of aryl methyl sites for hydroxylation is 3. The molecule has 1 aliphatic rings. The van der Waals surface area contributed by atoms with Crippen LogP contribution in [0.15, 0.2) is 46.8 Å². The van der Waals surface area contributed by atoms with Crippen LogP contribution in [0.1, 0.15) is 33.5 Å². The number of aromatic nitrogens is 2. The third-order valence-corrected chi connectivity index (χ3v) is 6.51. The number of anilines is 2. The first-order chi connectivity index (χ1) is 12.7. The van der Waals surface area contributed by atoms with E-state index < -0.39 is 0 Å². The van der Waals surface area contributed by atoms with Gasteiger partial charge in [0.15, 0.2) is 10.1 Å². The molecule has 0 bridgehead atoms. The van der Waals surface area contributed by atoms with E-state index in [4.69, 9.17) is 0 Å². The Morgan fingerprint density at radius 3 is 2.88 bits per heavy atom. The summed E-state index contributed by atoms with van der Waals surface area (Å²) in [6.07, 6.45) is 3.43. The number of Topliss-reactive ketones (excluding diaryl/α,β-unsaturated/α-hetero) is 1. The molecule has 0 spiro atoms. The maximum Gasteiger partial charge on any atom is 0.210 e. The van der Waals surface area contributed by atoms with Crippen LogP contribution < -0.4 is 5.32 Å². The van der Waals surface area contributed by atoms with Gasteiger partial charge in [0.2, 0.25) is 5.13 Å². The van der Waals surface area contributed by atoms with Crippen LogP contribution in [-0.2, 0) is 12.8 Å². The van der Waals surface area contributed by atoms with Gasteiger partial charge in [-0.3, -0.25) is 4.79 Å². The zero-order valence-electron chi connectivity index (χ0n) is 14.5. The van der Waals surface area contributed by atoms with Crippen molar-refractivity contribution in [3.63, 3.8) is 0 Å². The van der Waals surface area contributed by atoms with Crippen molar-refractivity contribution in [2.24, 2.45) is 0 Å². The lowest BCUT2D eigenvalue weighted by Crippen LogP contribution is -2.03.